The number of primary amides is 1. The van der Waals surface area contributed by atoms with E-state index in [1.807, 2.05) is 0 Å². The number of carbonyl (C=O) groups excluding carboxylic acids is 4. The van der Waals surface area contributed by atoms with Crippen molar-refractivity contribution in [2.75, 3.05) is 0 Å². The van der Waals surface area contributed by atoms with E-state index in [1.54, 1.807) is 0 Å². The first-order chi connectivity index (χ1) is 11.9. The summed E-state index contributed by atoms with van der Waals surface area (Å²) in [6.07, 6.45) is -1.74. The van der Waals surface area contributed by atoms with Crippen LogP contribution in [-0.2, 0) is 24.0 Å². The highest BCUT2D eigenvalue weighted by molar-refractivity contribution is 5.94. The number of aliphatic hydroxyl groups is 1. The Morgan fingerprint density at radius 1 is 0.885 bits per heavy atom. The molecule has 0 spiro atoms. The predicted molar refractivity (Wildman–Crippen MR) is 88.2 cm³/mol. The molecule has 0 aromatic rings. The maximum absolute atomic E-state index is 12.0. The molecule has 0 radical (unpaired) electrons. The molecule has 26 heavy (non-hydrogen) atoms. The number of amides is 4. The largest absolute Gasteiger partial charge is 0.480 e. The van der Waals surface area contributed by atoms with Gasteiger partial charge in [-0.05, 0) is 20.8 Å². The molecule has 9 N–H and O–H groups in total. The molecule has 12 heteroatoms. The van der Waals surface area contributed by atoms with Gasteiger partial charge in [-0.25, -0.2) is 4.79 Å². The molecule has 0 saturated carbocycles. The van der Waals surface area contributed by atoms with Crippen molar-refractivity contribution in [3.8, 4) is 0 Å². The zero-order valence-electron chi connectivity index (χ0n) is 14.7. The summed E-state index contributed by atoms with van der Waals surface area (Å²) >= 11 is 0. The molecule has 4 amide bonds. The number of carbonyl (C=O) groups is 5. The molecule has 0 aliphatic rings. The minimum absolute atomic E-state index is 0.394. The van der Waals surface area contributed by atoms with Crippen LogP contribution in [0.15, 0.2) is 0 Å². The molecule has 12 nitrogen and oxygen atoms in total. The lowest BCUT2D eigenvalue weighted by molar-refractivity contribution is -0.145. The van der Waals surface area contributed by atoms with Crippen LogP contribution >= 0.6 is 0 Å². The van der Waals surface area contributed by atoms with Gasteiger partial charge in [0, 0.05) is 0 Å². The van der Waals surface area contributed by atoms with Crippen molar-refractivity contribution in [3.63, 3.8) is 0 Å². The first-order valence-corrected chi connectivity index (χ1v) is 7.72. The lowest BCUT2D eigenvalue weighted by atomic mass is 10.1. The number of nitrogens with two attached hydrogens (primary N) is 2. The molecule has 0 aliphatic heterocycles. The number of carboxylic acid groups (broad SMARTS) is 1. The Kier molecular flexibility index (Phi) is 9.22. The third-order valence-electron chi connectivity index (χ3n) is 3.31. The number of hydrogen-bond donors (Lipinski definition) is 7. The Balaban J connectivity index is 4.64. The molecule has 148 valence electrons. The van der Waals surface area contributed by atoms with E-state index in [1.165, 1.54) is 20.8 Å². The normalized spacial score (nSPS) is 16.3. The molecular formula is C14H25N5O7. The standard InChI is InChI=1S/C14H25N5O7/c1-5(18-13(24)8(15)4-9(16)21)11(22)17-6(2)12(23)19-10(7(3)20)14(25)26/h5-8,10,20H,4,15H2,1-3H3,(H2,16,21)(H,17,22)(H,18,24)(H,19,23)(H,25,26). The van der Waals surface area contributed by atoms with Crippen molar-refractivity contribution in [1.82, 2.24) is 16.0 Å². The van der Waals surface area contributed by atoms with E-state index in [-0.39, 0.29) is 0 Å². The molecule has 0 rings (SSSR count). The molecule has 0 heterocycles. The first-order valence-electron chi connectivity index (χ1n) is 7.72. The van der Waals surface area contributed by atoms with Gasteiger partial charge in [0.2, 0.25) is 23.6 Å². The number of aliphatic hydroxyl groups excluding tert-OH is 1. The van der Waals surface area contributed by atoms with Crippen molar-refractivity contribution in [1.29, 1.82) is 0 Å². The average molecular weight is 375 g/mol. The summed E-state index contributed by atoms with van der Waals surface area (Å²) in [5.41, 5.74) is 10.4. The first kappa shape index (κ1) is 23.3. The molecule has 5 atom stereocenters. The van der Waals surface area contributed by atoms with Gasteiger partial charge in [0.25, 0.3) is 0 Å². The van der Waals surface area contributed by atoms with E-state index in [2.05, 4.69) is 16.0 Å². The monoisotopic (exact) mass is 375 g/mol. The maximum Gasteiger partial charge on any atom is 0.328 e. The van der Waals surface area contributed by atoms with Crippen LogP contribution in [0.1, 0.15) is 27.2 Å². The Bertz CT molecular complexity index is 566. The number of rotatable bonds is 10. The van der Waals surface area contributed by atoms with Crippen LogP contribution in [-0.4, -0.2) is 70.1 Å². The Labute approximate surface area is 149 Å². The smallest absolute Gasteiger partial charge is 0.328 e. The quantitative estimate of drug-likeness (QED) is 0.200. The van der Waals surface area contributed by atoms with Gasteiger partial charge in [-0.3, -0.25) is 19.2 Å². The van der Waals surface area contributed by atoms with Gasteiger partial charge < -0.3 is 37.6 Å². The summed E-state index contributed by atoms with van der Waals surface area (Å²) in [6, 6.07) is -4.97. The molecule has 0 fully saturated rings. The van der Waals surface area contributed by atoms with E-state index in [0.717, 1.165) is 0 Å². The summed E-state index contributed by atoms with van der Waals surface area (Å²) < 4.78 is 0. The third-order valence-corrected chi connectivity index (χ3v) is 3.31. The van der Waals surface area contributed by atoms with Gasteiger partial charge in [0.05, 0.1) is 18.6 Å². The summed E-state index contributed by atoms with van der Waals surface area (Å²) in [7, 11) is 0. The number of aliphatic carboxylic acids is 1. The van der Waals surface area contributed by atoms with Crippen molar-refractivity contribution in [2.45, 2.75) is 57.5 Å². The second kappa shape index (κ2) is 10.3. The van der Waals surface area contributed by atoms with Crippen LogP contribution in [0.3, 0.4) is 0 Å². The summed E-state index contributed by atoms with van der Waals surface area (Å²) in [4.78, 5) is 57.3. The van der Waals surface area contributed by atoms with Gasteiger partial charge in [0.1, 0.15) is 12.1 Å². The lowest BCUT2D eigenvalue weighted by Crippen LogP contribution is -2.57. The fourth-order valence-electron chi connectivity index (χ4n) is 1.77. The molecule has 0 aromatic carbocycles. The van der Waals surface area contributed by atoms with Crippen LogP contribution in [0.4, 0.5) is 0 Å². The maximum atomic E-state index is 12.0. The second-order valence-electron chi connectivity index (χ2n) is 5.80. The number of nitrogens with one attached hydrogen (secondary N) is 3. The van der Waals surface area contributed by atoms with E-state index in [4.69, 9.17) is 16.6 Å². The fraction of sp³-hybridized carbons (Fsp3) is 0.643. The highest BCUT2D eigenvalue weighted by Gasteiger charge is 2.28. The lowest BCUT2D eigenvalue weighted by Gasteiger charge is -2.22. The predicted octanol–water partition coefficient (Wildman–Crippen LogP) is -3.85. The molecule has 0 saturated heterocycles. The molecule has 0 bridgehead atoms. The highest BCUT2D eigenvalue weighted by atomic mass is 16.4. The fourth-order valence-corrected chi connectivity index (χ4v) is 1.77. The molecule has 5 unspecified atom stereocenters. The molecular weight excluding hydrogens is 350 g/mol. The van der Waals surface area contributed by atoms with Crippen LogP contribution in [0.5, 0.6) is 0 Å². The number of hydrogen-bond acceptors (Lipinski definition) is 7. The Morgan fingerprint density at radius 3 is 1.69 bits per heavy atom. The Morgan fingerprint density at radius 2 is 1.31 bits per heavy atom. The Hall–Kier alpha value is -2.73. The minimum atomic E-state index is -1.54. The van der Waals surface area contributed by atoms with Gasteiger partial charge in [-0.15, -0.1) is 0 Å². The van der Waals surface area contributed by atoms with Crippen LogP contribution in [0, 0.1) is 0 Å². The zero-order valence-corrected chi connectivity index (χ0v) is 14.7. The van der Waals surface area contributed by atoms with Crippen molar-refractivity contribution >= 4 is 29.6 Å². The van der Waals surface area contributed by atoms with E-state index in [9.17, 15) is 29.1 Å². The van der Waals surface area contributed by atoms with Gasteiger partial charge in [-0.2, -0.15) is 0 Å². The summed E-state index contributed by atoms with van der Waals surface area (Å²) in [5.74, 6) is -4.56. The average Bonchev–Trinajstić information content (AvgIpc) is 2.50. The topological polar surface area (TPSA) is 214 Å². The molecule has 0 aromatic heterocycles. The third kappa shape index (κ3) is 7.90. The van der Waals surface area contributed by atoms with Gasteiger partial charge >= 0.3 is 5.97 Å². The van der Waals surface area contributed by atoms with E-state index >= 15 is 0 Å². The van der Waals surface area contributed by atoms with Crippen LogP contribution in [0.25, 0.3) is 0 Å². The van der Waals surface area contributed by atoms with Gasteiger partial charge in [0.15, 0.2) is 6.04 Å². The van der Waals surface area contributed by atoms with Crippen molar-refractivity contribution in [2.24, 2.45) is 11.5 Å². The SMILES string of the molecule is CC(NC(=O)C(N)CC(N)=O)C(=O)NC(C)C(=O)NC(C(=O)O)C(C)O. The van der Waals surface area contributed by atoms with Crippen molar-refractivity contribution < 1.29 is 34.2 Å². The number of carboxylic acids is 1. The van der Waals surface area contributed by atoms with Gasteiger partial charge in [-0.1, -0.05) is 0 Å². The minimum Gasteiger partial charge on any atom is -0.480 e. The molecule has 0 aliphatic carbocycles. The van der Waals surface area contributed by atoms with Crippen LogP contribution < -0.4 is 27.4 Å². The van der Waals surface area contributed by atoms with E-state index in [0.29, 0.717) is 0 Å². The van der Waals surface area contributed by atoms with E-state index < -0.39 is 66.3 Å². The summed E-state index contributed by atoms with van der Waals surface area (Å²) in [5, 5.41) is 24.8. The van der Waals surface area contributed by atoms with Crippen molar-refractivity contribution in [3.05, 3.63) is 0 Å². The zero-order chi connectivity index (χ0) is 20.6. The van der Waals surface area contributed by atoms with Crippen LogP contribution in [0.2, 0.25) is 0 Å². The summed E-state index contributed by atoms with van der Waals surface area (Å²) in [6.45, 7) is 3.81. The highest BCUT2D eigenvalue weighted by Crippen LogP contribution is 1.96. The second-order valence-corrected chi connectivity index (χ2v) is 5.80.